The van der Waals surface area contributed by atoms with Crippen molar-refractivity contribution in [2.24, 2.45) is 7.05 Å². The molecule has 0 radical (unpaired) electrons. The maximum Gasteiger partial charge on any atom is 0.270 e. The highest BCUT2D eigenvalue weighted by molar-refractivity contribution is 9.10. The second kappa shape index (κ2) is 3.35. The van der Waals surface area contributed by atoms with Crippen molar-refractivity contribution >= 4 is 21.8 Å². The van der Waals surface area contributed by atoms with Gasteiger partial charge in [0, 0.05) is 17.7 Å². The number of nitrogens with zero attached hydrogens (tertiary/aromatic N) is 2. The summed E-state index contributed by atoms with van der Waals surface area (Å²) in [6.45, 7) is 2.56. The minimum atomic E-state index is -0.710. The van der Waals surface area contributed by atoms with Crippen LogP contribution in [0.1, 0.15) is 17.4 Å². The molecule has 0 atom stereocenters. The van der Waals surface area contributed by atoms with E-state index in [9.17, 15) is 9.90 Å². The van der Waals surface area contributed by atoms with E-state index >= 15 is 0 Å². The van der Waals surface area contributed by atoms with E-state index in [0.717, 1.165) is 4.47 Å². The van der Waals surface area contributed by atoms with Crippen LogP contribution in [0.2, 0.25) is 0 Å². The molecule has 2 heterocycles. The number of carbonyl (C=O) groups is 1. The van der Waals surface area contributed by atoms with Gasteiger partial charge in [-0.2, -0.15) is 0 Å². The number of aliphatic hydroxyl groups is 1. The number of hydrogen-bond acceptors (Lipinski definition) is 2. The first-order valence-corrected chi connectivity index (χ1v) is 5.52. The zero-order valence-electron chi connectivity index (χ0n) is 8.70. The largest absolute Gasteiger partial charge is 0.386 e. The summed E-state index contributed by atoms with van der Waals surface area (Å²) < 4.78 is 2.67. The fourth-order valence-corrected chi connectivity index (χ4v) is 2.34. The Hall–Kier alpha value is -0.810. The predicted octanol–water partition coefficient (Wildman–Crippen LogP) is 0.994. The van der Waals surface area contributed by atoms with Gasteiger partial charge in [-0.05, 0) is 28.9 Å². The normalized spacial score (nSPS) is 18.8. The Labute approximate surface area is 96.6 Å². The number of aromatic nitrogens is 1. The molecule has 0 unspecified atom stereocenters. The number of halogens is 1. The second-order valence-electron chi connectivity index (χ2n) is 4.31. The fraction of sp³-hybridized carbons (Fsp3) is 0.500. The van der Waals surface area contributed by atoms with Crippen molar-refractivity contribution in [3.05, 3.63) is 22.4 Å². The van der Waals surface area contributed by atoms with Crippen LogP contribution in [0.15, 0.2) is 16.7 Å². The summed E-state index contributed by atoms with van der Waals surface area (Å²) >= 11 is 3.32. The lowest BCUT2D eigenvalue weighted by Crippen LogP contribution is -2.61. The maximum atomic E-state index is 11.9. The first kappa shape index (κ1) is 10.7. The lowest BCUT2D eigenvalue weighted by Gasteiger charge is -2.44. The van der Waals surface area contributed by atoms with Crippen LogP contribution in [0, 0.1) is 0 Å². The standard InChI is InChI=1S/C10H13BrN2O2/c1-10(15)5-13(6-10)9(14)8-3-7(11)4-12(8)2/h3-4,15H,5-6H2,1-2H3. The van der Waals surface area contributed by atoms with Crippen LogP contribution >= 0.6 is 15.9 Å². The third-order valence-electron chi connectivity index (χ3n) is 2.54. The third-order valence-corrected chi connectivity index (χ3v) is 2.97. The van der Waals surface area contributed by atoms with Crippen LogP contribution in [-0.2, 0) is 7.05 Å². The Balaban J connectivity index is 2.13. The first-order valence-electron chi connectivity index (χ1n) is 4.72. The molecule has 1 aliphatic heterocycles. The number of hydrogen-bond donors (Lipinski definition) is 1. The van der Waals surface area contributed by atoms with Gasteiger partial charge in [0.2, 0.25) is 0 Å². The van der Waals surface area contributed by atoms with Gasteiger partial charge in [-0.15, -0.1) is 0 Å². The highest BCUT2D eigenvalue weighted by Gasteiger charge is 2.40. The molecule has 4 nitrogen and oxygen atoms in total. The van der Waals surface area contributed by atoms with E-state index in [1.54, 1.807) is 22.5 Å². The van der Waals surface area contributed by atoms with Crippen LogP contribution in [0.25, 0.3) is 0 Å². The summed E-state index contributed by atoms with van der Waals surface area (Å²) in [5, 5.41) is 9.54. The Morgan fingerprint density at radius 1 is 1.60 bits per heavy atom. The molecular weight excluding hydrogens is 260 g/mol. The molecule has 2 rings (SSSR count). The summed E-state index contributed by atoms with van der Waals surface area (Å²) in [6, 6.07) is 1.79. The van der Waals surface area contributed by atoms with Gasteiger partial charge in [0.05, 0.1) is 18.7 Å². The topological polar surface area (TPSA) is 45.5 Å². The van der Waals surface area contributed by atoms with E-state index in [1.807, 2.05) is 13.2 Å². The average Bonchev–Trinajstić information content (AvgIpc) is 2.40. The molecular formula is C10H13BrN2O2. The van der Waals surface area contributed by atoms with Crippen molar-refractivity contribution in [2.75, 3.05) is 13.1 Å². The Bertz CT molecular complexity index is 404. The molecule has 1 fully saturated rings. The van der Waals surface area contributed by atoms with Crippen molar-refractivity contribution in [3.8, 4) is 0 Å². The molecule has 1 amide bonds. The Morgan fingerprint density at radius 3 is 2.60 bits per heavy atom. The maximum absolute atomic E-state index is 11.9. The molecule has 5 heteroatoms. The van der Waals surface area contributed by atoms with Crippen LogP contribution < -0.4 is 0 Å². The smallest absolute Gasteiger partial charge is 0.270 e. The monoisotopic (exact) mass is 272 g/mol. The lowest BCUT2D eigenvalue weighted by molar-refractivity contribution is -0.0671. The van der Waals surface area contributed by atoms with Gasteiger partial charge in [-0.25, -0.2) is 0 Å². The quantitative estimate of drug-likeness (QED) is 0.829. The number of carbonyl (C=O) groups excluding carboxylic acids is 1. The summed E-state index contributed by atoms with van der Waals surface area (Å²) in [5.41, 5.74) is -0.0738. The predicted molar refractivity (Wildman–Crippen MR) is 59.6 cm³/mol. The molecule has 1 N–H and O–H groups in total. The van der Waals surface area contributed by atoms with Gasteiger partial charge in [-0.1, -0.05) is 0 Å². The molecule has 1 saturated heterocycles. The number of rotatable bonds is 1. The number of likely N-dealkylation sites (tertiary alicyclic amines) is 1. The van der Waals surface area contributed by atoms with E-state index in [1.165, 1.54) is 0 Å². The summed E-state index contributed by atoms with van der Waals surface area (Å²) in [7, 11) is 1.83. The molecule has 1 aliphatic rings. The van der Waals surface area contributed by atoms with Gasteiger partial charge >= 0.3 is 0 Å². The molecule has 15 heavy (non-hydrogen) atoms. The van der Waals surface area contributed by atoms with Crippen molar-refractivity contribution in [3.63, 3.8) is 0 Å². The summed E-state index contributed by atoms with van der Waals surface area (Å²) in [5.74, 6) is -0.0327. The highest BCUT2D eigenvalue weighted by atomic mass is 79.9. The number of aryl methyl sites for hydroxylation is 1. The zero-order valence-corrected chi connectivity index (χ0v) is 10.3. The second-order valence-corrected chi connectivity index (χ2v) is 5.23. The van der Waals surface area contributed by atoms with Gasteiger partial charge in [-0.3, -0.25) is 4.79 Å². The van der Waals surface area contributed by atoms with Crippen molar-refractivity contribution in [1.29, 1.82) is 0 Å². The molecule has 82 valence electrons. The zero-order chi connectivity index (χ0) is 11.2. The van der Waals surface area contributed by atoms with Gasteiger partial charge < -0.3 is 14.6 Å². The lowest BCUT2D eigenvalue weighted by atomic mass is 9.96. The van der Waals surface area contributed by atoms with Crippen molar-refractivity contribution in [1.82, 2.24) is 9.47 Å². The SMILES string of the molecule is Cn1cc(Br)cc1C(=O)N1CC(C)(O)C1. The Kier molecular flexibility index (Phi) is 2.39. The van der Waals surface area contributed by atoms with E-state index in [2.05, 4.69) is 15.9 Å². The molecule has 0 bridgehead atoms. The van der Waals surface area contributed by atoms with E-state index < -0.39 is 5.60 Å². The van der Waals surface area contributed by atoms with Crippen LogP contribution in [0.3, 0.4) is 0 Å². The Morgan fingerprint density at radius 2 is 2.20 bits per heavy atom. The molecule has 0 spiro atoms. The number of amides is 1. The molecule has 0 aliphatic carbocycles. The number of β-amino-alcohol motifs (C(OH)–C–C–N with tert-alkyl or cyclic N) is 1. The van der Waals surface area contributed by atoms with Crippen molar-refractivity contribution in [2.45, 2.75) is 12.5 Å². The first-order chi connectivity index (χ1) is 6.89. The van der Waals surface area contributed by atoms with Gasteiger partial charge in [0.25, 0.3) is 5.91 Å². The van der Waals surface area contributed by atoms with Crippen molar-refractivity contribution < 1.29 is 9.90 Å². The van der Waals surface area contributed by atoms with Crippen LogP contribution in [0.4, 0.5) is 0 Å². The molecule has 1 aromatic rings. The summed E-state index contributed by atoms with van der Waals surface area (Å²) in [4.78, 5) is 13.6. The van der Waals surface area contributed by atoms with Crippen LogP contribution in [-0.4, -0.2) is 39.2 Å². The van der Waals surface area contributed by atoms with Crippen LogP contribution in [0.5, 0.6) is 0 Å². The van der Waals surface area contributed by atoms with Gasteiger partial charge in [0.15, 0.2) is 0 Å². The minimum absolute atomic E-state index is 0.0327. The molecule has 0 saturated carbocycles. The van der Waals surface area contributed by atoms with E-state index in [0.29, 0.717) is 18.8 Å². The van der Waals surface area contributed by atoms with Gasteiger partial charge in [0.1, 0.15) is 5.69 Å². The fourth-order valence-electron chi connectivity index (χ4n) is 1.82. The third kappa shape index (κ3) is 1.94. The average molecular weight is 273 g/mol. The summed E-state index contributed by atoms with van der Waals surface area (Å²) in [6.07, 6.45) is 1.84. The minimum Gasteiger partial charge on any atom is -0.386 e. The highest BCUT2D eigenvalue weighted by Crippen LogP contribution is 2.23. The molecule has 1 aromatic heterocycles. The molecule has 0 aromatic carbocycles. The van der Waals surface area contributed by atoms with E-state index in [-0.39, 0.29) is 5.91 Å². The van der Waals surface area contributed by atoms with E-state index in [4.69, 9.17) is 0 Å².